The molecule has 29 heavy (non-hydrogen) atoms. The number of likely N-dealkylation sites (tertiary alicyclic amines) is 1. The number of pyridine rings is 1. The average molecular weight is 387 g/mol. The molecule has 0 radical (unpaired) electrons. The number of aromatic nitrogens is 3. The van der Waals surface area contributed by atoms with Crippen LogP contribution in [0.2, 0.25) is 0 Å². The average Bonchev–Trinajstić information content (AvgIpc) is 2.76. The number of carbonyl (C=O) groups excluding carboxylic acids is 1. The van der Waals surface area contributed by atoms with Gasteiger partial charge in [0.1, 0.15) is 5.82 Å². The molecule has 1 aromatic carbocycles. The normalized spacial score (nSPS) is 16.4. The number of hydrogen-bond acceptors (Lipinski definition) is 5. The van der Waals surface area contributed by atoms with Crippen LogP contribution in [0.4, 0.5) is 11.8 Å². The Labute approximate surface area is 171 Å². The summed E-state index contributed by atoms with van der Waals surface area (Å²) in [6.45, 7) is 3.51. The number of carbonyl (C=O) groups is 1. The molecule has 6 nitrogen and oxygen atoms in total. The van der Waals surface area contributed by atoms with Crippen molar-refractivity contribution < 1.29 is 4.79 Å². The zero-order valence-electron chi connectivity index (χ0n) is 16.6. The highest BCUT2D eigenvalue weighted by Crippen LogP contribution is 2.26. The number of aryl methyl sites for hydroxylation is 1. The highest BCUT2D eigenvalue weighted by atomic mass is 16.2. The molecule has 2 aromatic heterocycles. The van der Waals surface area contributed by atoms with Crippen LogP contribution in [0.25, 0.3) is 0 Å². The van der Waals surface area contributed by atoms with E-state index in [4.69, 9.17) is 4.98 Å². The molecule has 1 fully saturated rings. The number of nitrogens with one attached hydrogen (secondary N) is 1. The minimum absolute atomic E-state index is 0.178. The Bertz CT molecular complexity index is 959. The summed E-state index contributed by atoms with van der Waals surface area (Å²) >= 11 is 0. The van der Waals surface area contributed by atoms with Crippen molar-refractivity contribution in [2.24, 2.45) is 0 Å². The van der Waals surface area contributed by atoms with Gasteiger partial charge in [0, 0.05) is 31.4 Å². The zero-order chi connectivity index (χ0) is 20.1. The lowest BCUT2D eigenvalue weighted by molar-refractivity contribution is -0.131. The molecule has 0 aliphatic carbocycles. The van der Waals surface area contributed by atoms with Gasteiger partial charge in [-0.05, 0) is 43.0 Å². The van der Waals surface area contributed by atoms with E-state index in [0.29, 0.717) is 18.9 Å². The predicted octanol–water partition coefficient (Wildman–Crippen LogP) is 3.87. The molecule has 1 atom stereocenters. The zero-order valence-corrected chi connectivity index (χ0v) is 16.6. The van der Waals surface area contributed by atoms with Gasteiger partial charge >= 0.3 is 0 Å². The van der Waals surface area contributed by atoms with E-state index in [1.165, 1.54) is 0 Å². The second-order valence-corrected chi connectivity index (χ2v) is 7.49. The van der Waals surface area contributed by atoms with Gasteiger partial charge in [-0.1, -0.05) is 36.4 Å². The molecule has 148 valence electrons. The van der Waals surface area contributed by atoms with Crippen molar-refractivity contribution in [1.29, 1.82) is 0 Å². The number of rotatable bonds is 5. The lowest BCUT2D eigenvalue weighted by atomic mass is 9.94. The maximum atomic E-state index is 12.8. The smallest absolute Gasteiger partial charge is 0.228 e. The van der Waals surface area contributed by atoms with Crippen molar-refractivity contribution >= 4 is 17.7 Å². The van der Waals surface area contributed by atoms with Crippen molar-refractivity contribution in [2.75, 3.05) is 18.4 Å². The summed E-state index contributed by atoms with van der Waals surface area (Å²) in [4.78, 5) is 28.1. The Morgan fingerprint density at radius 2 is 2.00 bits per heavy atom. The number of piperidine rings is 1. The maximum absolute atomic E-state index is 12.8. The molecule has 0 saturated carbocycles. The van der Waals surface area contributed by atoms with Crippen LogP contribution in [0, 0.1) is 6.92 Å². The number of nitrogens with zero attached hydrogens (tertiary/aromatic N) is 4. The molecule has 1 aliphatic rings. The molecule has 0 spiro atoms. The molecule has 3 heterocycles. The van der Waals surface area contributed by atoms with Crippen molar-refractivity contribution in [3.05, 3.63) is 77.7 Å². The van der Waals surface area contributed by atoms with Crippen molar-refractivity contribution in [1.82, 2.24) is 19.9 Å². The molecule has 0 bridgehead atoms. The Balaban J connectivity index is 1.42. The number of amides is 1. The minimum atomic E-state index is 0.178. The van der Waals surface area contributed by atoms with E-state index in [1.807, 2.05) is 66.6 Å². The Morgan fingerprint density at radius 1 is 1.14 bits per heavy atom. The van der Waals surface area contributed by atoms with Gasteiger partial charge in [-0.25, -0.2) is 15.0 Å². The van der Waals surface area contributed by atoms with E-state index in [-0.39, 0.29) is 11.8 Å². The first kappa shape index (κ1) is 19.1. The number of benzene rings is 1. The first-order chi connectivity index (χ1) is 14.2. The summed E-state index contributed by atoms with van der Waals surface area (Å²) in [5.41, 5.74) is 3.12. The maximum Gasteiger partial charge on any atom is 0.228 e. The fourth-order valence-corrected chi connectivity index (χ4v) is 3.64. The highest BCUT2D eigenvalue weighted by Gasteiger charge is 2.26. The molecule has 0 unspecified atom stereocenters. The number of anilines is 2. The number of hydrogen-bond donors (Lipinski definition) is 1. The molecular weight excluding hydrogens is 362 g/mol. The molecule has 1 aliphatic heterocycles. The van der Waals surface area contributed by atoms with Crippen molar-refractivity contribution in [3.8, 4) is 0 Å². The van der Waals surface area contributed by atoms with Crippen LogP contribution in [0.1, 0.15) is 35.6 Å². The van der Waals surface area contributed by atoms with Crippen LogP contribution in [0.5, 0.6) is 0 Å². The summed E-state index contributed by atoms with van der Waals surface area (Å²) < 4.78 is 0. The fraction of sp³-hybridized carbons (Fsp3) is 0.304. The quantitative estimate of drug-likeness (QED) is 0.720. The van der Waals surface area contributed by atoms with Gasteiger partial charge in [0.05, 0.1) is 12.1 Å². The molecule has 4 rings (SSSR count). The van der Waals surface area contributed by atoms with Crippen LogP contribution in [-0.4, -0.2) is 38.8 Å². The van der Waals surface area contributed by atoms with Gasteiger partial charge in [-0.2, -0.15) is 0 Å². The highest BCUT2D eigenvalue weighted by molar-refractivity contribution is 5.79. The van der Waals surface area contributed by atoms with E-state index >= 15 is 0 Å². The molecule has 1 saturated heterocycles. The molecule has 1 N–H and O–H groups in total. The third-order valence-corrected chi connectivity index (χ3v) is 5.22. The third-order valence-electron chi connectivity index (χ3n) is 5.22. The van der Waals surface area contributed by atoms with Gasteiger partial charge in [-0.15, -0.1) is 0 Å². The summed E-state index contributed by atoms with van der Waals surface area (Å²) in [7, 11) is 0. The Morgan fingerprint density at radius 3 is 2.79 bits per heavy atom. The van der Waals surface area contributed by atoms with Gasteiger partial charge in [0.2, 0.25) is 11.9 Å². The van der Waals surface area contributed by atoms with Gasteiger partial charge in [-0.3, -0.25) is 4.79 Å². The predicted molar refractivity (Wildman–Crippen MR) is 113 cm³/mol. The fourth-order valence-electron chi connectivity index (χ4n) is 3.64. The van der Waals surface area contributed by atoms with Crippen LogP contribution in [0.3, 0.4) is 0 Å². The van der Waals surface area contributed by atoms with Crippen LogP contribution in [0.15, 0.2) is 60.9 Å². The van der Waals surface area contributed by atoms with E-state index in [2.05, 4.69) is 15.3 Å². The Kier molecular flexibility index (Phi) is 5.79. The summed E-state index contributed by atoms with van der Waals surface area (Å²) in [5, 5.41) is 3.16. The van der Waals surface area contributed by atoms with E-state index in [0.717, 1.165) is 42.0 Å². The standard InChI is InChI=1S/C23H25N5O/c1-17-9-10-21(25-15-17)27-23-24-12-11-20(26-23)19-8-5-13-28(16-19)22(29)14-18-6-3-2-4-7-18/h2-4,6-7,9-12,15,19H,5,8,13-14,16H2,1H3,(H,24,25,26,27)/t19-/m1/s1. The second-order valence-electron chi connectivity index (χ2n) is 7.49. The lowest BCUT2D eigenvalue weighted by Crippen LogP contribution is -2.40. The van der Waals surface area contributed by atoms with Crippen molar-refractivity contribution in [2.45, 2.75) is 32.1 Å². The van der Waals surface area contributed by atoms with Gasteiger partial charge in [0.15, 0.2) is 0 Å². The van der Waals surface area contributed by atoms with E-state index in [9.17, 15) is 4.79 Å². The molecule has 6 heteroatoms. The van der Waals surface area contributed by atoms with E-state index < -0.39 is 0 Å². The van der Waals surface area contributed by atoms with Gasteiger partial charge in [0.25, 0.3) is 0 Å². The van der Waals surface area contributed by atoms with Crippen LogP contribution < -0.4 is 5.32 Å². The van der Waals surface area contributed by atoms with E-state index in [1.54, 1.807) is 6.20 Å². The van der Waals surface area contributed by atoms with Crippen molar-refractivity contribution in [3.63, 3.8) is 0 Å². The molecule has 1 amide bonds. The largest absolute Gasteiger partial charge is 0.342 e. The monoisotopic (exact) mass is 387 g/mol. The summed E-state index contributed by atoms with van der Waals surface area (Å²) in [6.07, 6.45) is 6.03. The lowest BCUT2D eigenvalue weighted by Gasteiger charge is -2.32. The topological polar surface area (TPSA) is 71.0 Å². The van der Waals surface area contributed by atoms with Gasteiger partial charge < -0.3 is 10.2 Å². The SMILES string of the molecule is Cc1ccc(Nc2nccc([C@@H]3CCCN(C(=O)Cc4ccccc4)C3)n2)nc1. The summed E-state index contributed by atoms with van der Waals surface area (Å²) in [6, 6.07) is 15.8. The molecule has 3 aromatic rings. The second kappa shape index (κ2) is 8.82. The third kappa shape index (κ3) is 4.96. The molecular formula is C23H25N5O. The first-order valence-corrected chi connectivity index (χ1v) is 10.0. The first-order valence-electron chi connectivity index (χ1n) is 10.0. The van der Waals surface area contributed by atoms with Crippen LogP contribution in [-0.2, 0) is 11.2 Å². The minimum Gasteiger partial charge on any atom is -0.342 e. The van der Waals surface area contributed by atoms with Crippen LogP contribution >= 0.6 is 0 Å². The Hall–Kier alpha value is -3.28. The summed E-state index contributed by atoms with van der Waals surface area (Å²) in [5.74, 6) is 1.65.